The number of carbonyl (C=O) groups is 1. The average molecular weight is 477 g/mol. The Kier molecular flexibility index (Phi) is 7.26. The van der Waals surface area contributed by atoms with Gasteiger partial charge in [-0.2, -0.15) is 0 Å². The standard InChI is InChI=1S/C23H22Cl2N2O3S/c1-16-8-6-7-11-19(16)23(17-9-4-3-5-10-17)26-22(28)15-27(31(2,29)30)18-12-13-20(24)21(25)14-18/h3-14,23H,15H2,1-2H3,(H,26,28)/t23-/m0/s1. The largest absolute Gasteiger partial charge is 0.344 e. The number of benzene rings is 3. The highest BCUT2D eigenvalue weighted by Gasteiger charge is 2.24. The number of aryl methyl sites for hydroxylation is 1. The number of halogens is 2. The van der Waals surface area contributed by atoms with Gasteiger partial charge in [0, 0.05) is 0 Å². The fourth-order valence-electron chi connectivity index (χ4n) is 3.27. The molecule has 0 fully saturated rings. The van der Waals surface area contributed by atoms with Gasteiger partial charge in [0.05, 0.1) is 28.0 Å². The molecule has 0 saturated heterocycles. The van der Waals surface area contributed by atoms with E-state index in [1.807, 2.05) is 61.5 Å². The molecule has 0 radical (unpaired) electrons. The summed E-state index contributed by atoms with van der Waals surface area (Å²) in [7, 11) is -3.75. The van der Waals surface area contributed by atoms with Gasteiger partial charge in [0.2, 0.25) is 15.9 Å². The van der Waals surface area contributed by atoms with Gasteiger partial charge in [0.15, 0.2) is 0 Å². The molecule has 0 aliphatic heterocycles. The van der Waals surface area contributed by atoms with Crippen molar-refractivity contribution in [2.24, 2.45) is 0 Å². The number of nitrogens with one attached hydrogen (secondary N) is 1. The first-order valence-corrected chi connectivity index (χ1v) is 12.1. The highest BCUT2D eigenvalue weighted by molar-refractivity contribution is 7.92. The summed E-state index contributed by atoms with van der Waals surface area (Å²) in [6.07, 6.45) is 1.04. The zero-order valence-electron chi connectivity index (χ0n) is 17.0. The second-order valence-corrected chi connectivity index (χ2v) is 9.86. The van der Waals surface area contributed by atoms with Crippen LogP contribution in [0.25, 0.3) is 0 Å². The molecule has 0 aromatic heterocycles. The minimum absolute atomic E-state index is 0.204. The van der Waals surface area contributed by atoms with Gasteiger partial charge < -0.3 is 5.32 Å². The minimum atomic E-state index is -3.75. The van der Waals surface area contributed by atoms with E-state index in [0.717, 1.165) is 27.3 Å². The number of anilines is 1. The molecule has 0 saturated carbocycles. The fraction of sp³-hybridized carbons (Fsp3) is 0.174. The van der Waals surface area contributed by atoms with Crippen LogP contribution in [0.2, 0.25) is 10.0 Å². The highest BCUT2D eigenvalue weighted by atomic mass is 35.5. The smallest absolute Gasteiger partial charge is 0.241 e. The van der Waals surface area contributed by atoms with Crippen molar-refractivity contribution < 1.29 is 13.2 Å². The quantitative estimate of drug-likeness (QED) is 0.523. The van der Waals surface area contributed by atoms with Crippen molar-refractivity contribution in [2.45, 2.75) is 13.0 Å². The fourth-order valence-corrected chi connectivity index (χ4v) is 4.41. The summed E-state index contributed by atoms with van der Waals surface area (Å²) < 4.78 is 25.8. The van der Waals surface area contributed by atoms with E-state index in [0.29, 0.717) is 5.02 Å². The third kappa shape index (κ3) is 5.79. The van der Waals surface area contributed by atoms with Crippen molar-refractivity contribution in [1.82, 2.24) is 5.32 Å². The maximum atomic E-state index is 13.0. The number of hydrogen-bond donors (Lipinski definition) is 1. The van der Waals surface area contributed by atoms with Crippen LogP contribution >= 0.6 is 23.2 Å². The number of sulfonamides is 1. The zero-order valence-corrected chi connectivity index (χ0v) is 19.4. The molecule has 8 heteroatoms. The predicted octanol–water partition coefficient (Wildman–Crippen LogP) is 4.97. The van der Waals surface area contributed by atoms with E-state index in [1.54, 1.807) is 0 Å². The van der Waals surface area contributed by atoms with E-state index in [1.165, 1.54) is 18.2 Å². The summed E-state index contributed by atoms with van der Waals surface area (Å²) in [5.41, 5.74) is 3.10. The molecule has 3 aromatic rings. The topological polar surface area (TPSA) is 66.5 Å². The summed E-state index contributed by atoms with van der Waals surface area (Å²) >= 11 is 12.0. The van der Waals surface area contributed by atoms with Crippen molar-refractivity contribution in [1.29, 1.82) is 0 Å². The average Bonchev–Trinajstić information content (AvgIpc) is 2.73. The molecular weight excluding hydrogens is 455 g/mol. The maximum absolute atomic E-state index is 13.0. The molecule has 0 heterocycles. The normalized spacial score (nSPS) is 12.3. The first kappa shape index (κ1) is 23.1. The molecule has 5 nitrogen and oxygen atoms in total. The molecule has 1 N–H and O–H groups in total. The van der Waals surface area contributed by atoms with E-state index in [2.05, 4.69) is 5.32 Å². The van der Waals surface area contributed by atoms with Gasteiger partial charge in [-0.05, 0) is 41.8 Å². The van der Waals surface area contributed by atoms with E-state index in [4.69, 9.17) is 23.2 Å². The van der Waals surface area contributed by atoms with E-state index in [-0.39, 0.29) is 10.7 Å². The van der Waals surface area contributed by atoms with Gasteiger partial charge in [-0.1, -0.05) is 77.8 Å². The molecule has 31 heavy (non-hydrogen) atoms. The zero-order chi connectivity index (χ0) is 22.6. The first-order valence-electron chi connectivity index (χ1n) is 9.49. The molecule has 3 aromatic carbocycles. The lowest BCUT2D eigenvalue weighted by Crippen LogP contribution is -2.42. The van der Waals surface area contributed by atoms with E-state index in [9.17, 15) is 13.2 Å². The summed E-state index contributed by atoms with van der Waals surface area (Å²) in [5.74, 6) is -0.450. The SMILES string of the molecule is Cc1ccccc1[C@@H](NC(=O)CN(c1ccc(Cl)c(Cl)c1)S(C)(=O)=O)c1ccccc1. The lowest BCUT2D eigenvalue weighted by atomic mass is 9.95. The van der Waals surface area contributed by atoms with Crippen molar-refractivity contribution in [3.05, 3.63) is 99.5 Å². The van der Waals surface area contributed by atoms with E-state index >= 15 is 0 Å². The summed E-state index contributed by atoms with van der Waals surface area (Å²) in [6.45, 7) is 1.57. The molecule has 0 aliphatic carbocycles. The molecule has 1 amide bonds. The van der Waals surface area contributed by atoms with Crippen molar-refractivity contribution in [2.75, 3.05) is 17.1 Å². The minimum Gasteiger partial charge on any atom is -0.344 e. The third-order valence-corrected chi connectivity index (χ3v) is 6.70. The van der Waals surface area contributed by atoms with Crippen LogP contribution in [0.4, 0.5) is 5.69 Å². The molecule has 3 rings (SSSR count). The van der Waals surface area contributed by atoms with Crippen LogP contribution in [0.15, 0.2) is 72.8 Å². The number of rotatable bonds is 7. The molecular formula is C23H22Cl2N2O3S. The number of nitrogens with zero attached hydrogens (tertiary/aromatic N) is 1. The Bertz CT molecular complexity index is 1180. The monoisotopic (exact) mass is 476 g/mol. The van der Waals surface area contributed by atoms with Crippen LogP contribution in [0.3, 0.4) is 0 Å². The van der Waals surface area contributed by atoms with Crippen LogP contribution in [0, 0.1) is 6.92 Å². The Balaban J connectivity index is 1.92. The number of carbonyl (C=O) groups excluding carboxylic acids is 1. The van der Waals surface area contributed by atoms with Crippen molar-refractivity contribution >= 4 is 44.8 Å². The van der Waals surface area contributed by atoms with Crippen molar-refractivity contribution in [3.8, 4) is 0 Å². The van der Waals surface area contributed by atoms with Crippen LogP contribution in [0.5, 0.6) is 0 Å². The summed E-state index contributed by atoms with van der Waals surface area (Å²) in [6, 6.07) is 21.3. The van der Waals surface area contributed by atoms with Crippen LogP contribution in [-0.4, -0.2) is 27.1 Å². The van der Waals surface area contributed by atoms with Crippen LogP contribution < -0.4 is 9.62 Å². The lowest BCUT2D eigenvalue weighted by Gasteiger charge is -2.25. The lowest BCUT2D eigenvalue weighted by molar-refractivity contribution is -0.120. The van der Waals surface area contributed by atoms with Gasteiger partial charge in [-0.25, -0.2) is 8.42 Å². The second kappa shape index (κ2) is 9.73. The van der Waals surface area contributed by atoms with E-state index < -0.39 is 28.5 Å². The van der Waals surface area contributed by atoms with Gasteiger partial charge in [-0.15, -0.1) is 0 Å². The second-order valence-electron chi connectivity index (χ2n) is 7.14. The van der Waals surface area contributed by atoms with Gasteiger partial charge in [0.1, 0.15) is 6.54 Å². The molecule has 0 unspecified atom stereocenters. The Morgan fingerprint density at radius 1 is 0.968 bits per heavy atom. The van der Waals surface area contributed by atoms with Crippen LogP contribution in [-0.2, 0) is 14.8 Å². The Labute approximate surface area is 192 Å². The van der Waals surface area contributed by atoms with Gasteiger partial charge >= 0.3 is 0 Å². The third-order valence-electron chi connectivity index (χ3n) is 4.82. The number of amides is 1. The predicted molar refractivity (Wildman–Crippen MR) is 126 cm³/mol. The highest BCUT2D eigenvalue weighted by Crippen LogP contribution is 2.29. The van der Waals surface area contributed by atoms with Gasteiger partial charge in [0.25, 0.3) is 0 Å². The summed E-state index contributed by atoms with van der Waals surface area (Å²) in [5, 5.41) is 3.49. The molecule has 162 valence electrons. The van der Waals surface area contributed by atoms with Crippen LogP contribution in [0.1, 0.15) is 22.7 Å². The molecule has 0 aliphatic rings. The first-order chi connectivity index (χ1) is 14.7. The number of hydrogen-bond acceptors (Lipinski definition) is 3. The molecule has 0 spiro atoms. The summed E-state index contributed by atoms with van der Waals surface area (Å²) in [4.78, 5) is 13.0. The Morgan fingerprint density at radius 2 is 1.61 bits per heavy atom. The molecule has 0 bridgehead atoms. The van der Waals surface area contributed by atoms with Crippen molar-refractivity contribution in [3.63, 3.8) is 0 Å². The Hall–Kier alpha value is -2.54. The Morgan fingerprint density at radius 3 is 2.23 bits per heavy atom. The maximum Gasteiger partial charge on any atom is 0.241 e. The van der Waals surface area contributed by atoms with Gasteiger partial charge in [-0.3, -0.25) is 9.10 Å². The molecule has 1 atom stereocenters.